The predicted octanol–water partition coefficient (Wildman–Crippen LogP) is 15.3. The lowest BCUT2D eigenvalue weighted by atomic mass is 9.99. The number of esters is 1. The monoisotopic (exact) mass is 1060 g/mol. The minimum atomic E-state index is -1.61. The molecule has 6 N–H and O–H groups in total. The lowest BCUT2D eigenvalue weighted by Crippen LogP contribution is -2.61. The van der Waals surface area contributed by atoms with E-state index in [0.717, 1.165) is 70.6 Å². The Bertz CT molecular complexity index is 1310. The molecule has 1 amide bonds. The van der Waals surface area contributed by atoms with Crippen LogP contribution in [0.4, 0.5) is 0 Å². The average molecular weight is 1060 g/mol. The van der Waals surface area contributed by atoms with Crippen LogP contribution in [0.3, 0.4) is 0 Å². The molecule has 0 aromatic heterocycles. The summed E-state index contributed by atoms with van der Waals surface area (Å²) < 4.78 is 17.6. The first-order chi connectivity index (χ1) is 36.7. The maximum atomic E-state index is 13.4. The first kappa shape index (κ1) is 71.2. The number of amides is 1. The normalized spacial score (nSPS) is 19.3. The van der Waals surface area contributed by atoms with Crippen LogP contribution in [0.25, 0.3) is 0 Å². The molecule has 1 saturated heterocycles. The summed E-state index contributed by atoms with van der Waals surface area (Å²) in [4.78, 5) is 26.5. The third-order valence-corrected chi connectivity index (χ3v) is 15.4. The summed E-state index contributed by atoms with van der Waals surface area (Å²) in [6.45, 7) is 5.81. The molecule has 8 unspecified atom stereocenters. The minimum Gasteiger partial charge on any atom is -0.454 e. The number of unbranched alkanes of at least 4 members (excludes halogenated alkanes) is 39. The van der Waals surface area contributed by atoms with E-state index in [0.29, 0.717) is 12.8 Å². The summed E-state index contributed by atoms with van der Waals surface area (Å²) in [6, 6.07) is -1.02. The van der Waals surface area contributed by atoms with Gasteiger partial charge in [-0.3, -0.25) is 9.59 Å². The van der Waals surface area contributed by atoms with E-state index in [2.05, 4.69) is 38.2 Å². The summed E-state index contributed by atoms with van der Waals surface area (Å²) in [5.74, 6) is -1.19. The second-order valence-corrected chi connectivity index (χ2v) is 22.5. The Morgan fingerprint density at radius 2 is 0.880 bits per heavy atom. The van der Waals surface area contributed by atoms with Crippen LogP contribution in [-0.2, 0) is 23.8 Å². The van der Waals surface area contributed by atoms with Gasteiger partial charge in [0, 0.05) is 6.42 Å². The van der Waals surface area contributed by atoms with E-state index >= 15 is 0 Å². The number of carbonyl (C=O) groups excluding carboxylic acids is 2. The Labute approximate surface area is 461 Å². The van der Waals surface area contributed by atoms with Gasteiger partial charge in [-0.15, -0.1) is 0 Å². The molecule has 1 aliphatic heterocycles. The quantitative estimate of drug-likeness (QED) is 0.0195. The van der Waals surface area contributed by atoms with Gasteiger partial charge in [-0.2, -0.15) is 0 Å². The van der Waals surface area contributed by atoms with Gasteiger partial charge in [0.05, 0.1) is 25.4 Å². The summed E-state index contributed by atoms with van der Waals surface area (Å²) in [7, 11) is 0. The van der Waals surface area contributed by atoms with Crippen molar-refractivity contribution >= 4 is 11.9 Å². The number of hydrogen-bond donors (Lipinski definition) is 6. The molecule has 442 valence electrons. The summed E-state index contributed by atoms with van der Waals surface area (Å²) in [5.41, 5.74) is 0. The largest absolute Gasteiger partial charge is 0.454 e. The van der Waals surface area contributed by atoms with Crippen molar-refractivity contribution in [3.05, 3.63) is 24.3 Å². The van der Waals surface area contributed by atoms with Gasteiger partial charge in [0.25, 0.3) is 0 Å². The number of aliphatic hydroxyl groups is 5. The Morgan fingerprint density at radius 1 is 0.507 bits per heavy atom. The molecular weight excluding hydrogens is 943 g/mol. The van der Waals surface area contributed by atoms with Gasteiger partial charge in [-0.05, 0) is 51.4 Å². The number of allylic oxidation sites excluding steroid dienone is 3. The van der Waals surface area contributed by atoms with E-state index < -0.39 is 67.4 Å². The van der Waals surface area contributed by atoms with Crippen molar-refractivity contribution in [2.75, 3.05) is 13.2 Å². The fraction of sp³-hybridized carbons (Fsp3) is 0.906. The van der Waals surface area contributed by atoms with Crippen molar-refractivity contribution in [2.24, 2.45) is 0 Å². The first-order valence-electron chi connectivity index (χ1n) is 32.1. The highest BCUT2D eigenvalue weighted by atomic mass is 16.7. The minimum absolute atomic E-state index is 0.129. The van der Waals surface area contributed by atoms with Crippen LogP contribution in [0.1, 0.15) is 310 Å². The molecule has 11 nitrogen and oxygen atoms in total. The van der Waals surface area contributed by atoms with Crippen LogP contribution in [0.2, 0.25) is 0 Å². The zero-order valence-electron chi connectivity index (χ0n) is 48.9. The predicted molar refractivity (Wildman–Crippen MR) is 311 cm³/mol. The molecule has 1 aliphatic rings. The molecule has 1 heterocycles. The first-order valence-corrected chi connectivity index (χ1v) is 32.1. The molecule has 0 radical (unpaired) electrons. The fourth-order valence-corrected chi connectivity index (χ4v) is 10.2. The highest BCUT2D eigenvalue weighted by Crippen LogP contribution is 2.26. The van der Waals surface area contributed by atoms with Crippen molar-refractivity contribution in [2.45, 2.75) is 359 Å². The molecule has 0 bridgehead atoms. The van der Waals surface area contributed by atoms with Gasteiger partial charge in [-0.25, -0.2) is 0 Å². The Balaban J connectivity index is 2.63. The molecular formula is C64H121NO10. The molecule has 0 aromatic rings. The number of ether oxygens (including phenoxy) is 3. The molecule has 0 saturated carbocycles. The number of hydrogen-bond acceptors (Lipinski definition) is 10. The lowest BCUT2D eigenvalue weighted by molar-refractivity contribution is -0.305. The van der Waals surface area contributed by atoms with Crippen LogP contribution >= 0.6 is 0 Å². The third kappa shape index (κ3) is 40.9. The molecule has 0 aromatic carbocycles. The smallest absolute Gasteiger partial charge is 0.306 e. The average Bonchev–Trinajstić information content (AvgIpc) is 3.41. The Kier molecular flexibility index (Phi) is 50.1. The van der Waals surface area contributed by atoms with E-state index in [1.54, 1.807) is 6.08 Å². The Morgan fingerprint density at radius 3 is 1.29 bits per heavy atom. The molecule has 8 atom stereocenters. The standard InChI is InChI=1S/C64H121NO10/c1-4-7-10-13-16-19-22-24-26-28-29-30-32-34-37-40-43-46-49-52-59(69)75-62-61(71)60(70)58(53-66)74-64(62)73-54-55(56(67)50-47-44-41-38-35-21-18-15-12-9-6-3)65-63(72)57(68)51-48-45-42-39-36-33-31-27-25-23-20-17-14-11-8-5-2/h25,27,47,50,55-58,60-62,64,66-68,70-71H,4-24,26,28-46,48-49,51-54H2,1-3H3,(H,65,72)/b27-25+,50-47+. The maximum Gasteiger partial charge on any atom is 0.306 e. The second-order valence-electron chi connectivity index (χ2n) is 22.5. The number of aliphatic hydroxyl groups excluding tert-OH is 5. The highest BCUT2D eigenvalue weighted by Gasteiger charge is 2.47. The molecule has 11 heteroatoms. The zero-order chi connectivity index (χ0) is 54.7. The van der Waals surface area contributed by atoms with Crippen LogP contribution in [0, 0.1) is 0 Å². The molecule has 1 rings (SSSR count). The number of rotatable bonds is 55. The van der Waals surface area contributed by atoms with Gasteiger partial charge in [-0.1, -0.05) is 276 Å². The van der Waals surface area contributed by atoms with Gasteiger partial charge in [0.2, 0.25) is 5.91 Å². The van der Waals surface area contributed by atoms with Crippen molar-refractivity contribution < 1.29 is 49.3 Å². The van der Waals surface area contributed by atoms with Crippen molar-refractivity contribution in [1.29, 1.82) is 0 Å². The van der Waals surface area contributed by atoms with Crippen LogP contribution in [0.5, 0.6) is 0 Å². The molecule has 75 heavy (non-hydrogen) atoms. The van der Waals surface area contributed by atoms with Crippen LogP contribution in [-0.4, -0.2) is 99.6 Å². The van der Waals surface area contributed by atoms with Crippen molar-refractivity contribution in [3.8, 4) is 0 Å². The summed E-state index contributed by atoms with van der Waals surface area (Å²) in [6.07, 6.45) is 50.7. The van der Waals surface area contributed by atoms with Crippen molar-refractivity contribution in [3.63, 3.8) is 0 Å². The van der Waals surface area contributed by atoms with Crippen LogP contribution < -0.4 is 5.32 Å². The van der Waals surface area contributed by atoms with E-state index in [1.165, 1.54) is 193 Å². The van der Waals surface area contributed by atoms with Gasteiger partial charge in [0.1, 0.15) is 24.4 Å². The summed E-state index contributed by atoms with van der Waals surface area (Å²) >= 11 is 0. The van der Waals surface area contributed by atoms with Gasteiger partial charge < -0.3 is 45.1 Å². The van der Waals surface area contributed by atoms with E-state index in [9.17, 15) is 35.1 Å². The fourth-order valence-electron chi connectivity index (χ4n) is 10.2. The van der Waals surface area contributed by atoms with Gasteiger partial charge >= 0.3 is 5.97 Å². The Hall–Kier alpha value is -1.86. The zero-order valence-corrected chi connectivity index (χ0v) is 48.9. The molecule has 1 fully saturated rings. The van der Waals surface area contributed by atoms with E-state index in [1.807, 2.05) is 6.08 Å². The molecule has 0 spiro atoms. The number of nitrogens with one attached hydrogen (secondary N) is 1. The topological polar surface area (TPSA) is 175 Å². The van der Waals surface area contributed by atoms with Gasteiger partial charge in [0.15, 0.2) is 12.4 Å². The second kappa shape index (κ2) is 52.8. The maximum absolute atomic E-state index is 13.4. The molecule has 0 aliphatic carbocycles. The van der Waals surface area contributed by atoms with Crippen LogP contribution in [0.15, 0.2) is 24.3 Å². The highest BCUT2D eigenvalue weighted by molar-refractivity contribution is 5.80. The van der Waals surface area contributed by atoms with E-state index in [4.69, 9.17) is 14.2 Å². The van der Waals surface area contributed by atoms with Crippen molar-refractivity contribution in [1.82, 2.24) is 5.32 Å². The third-order valence-electron chi connectivity index (χ3n) is 15.4. The lowest BCUT2D eigenvalue weighted by Gasteiger charge is -2.41. The SMILES string of the molecule is CCCCCCCC/C=C/CCCCCCCCC(O)C(=O)NC(COC1OC(CO)C(O)C(O)C1OC(=O)CCCCCCCCCCCCCCCCCCCCC)C(O)/C=C/CCCCCCCCCCC. The number of carbonyl (C=O) groups is 2. The van der Waals surface area contributed by atoms with E-state index in [-0.39, 0.29) is 19.4 Å². The summed E-state index contributed by atoms with van der Waals surface area (Å²) in [5, 5.41) is 57.0.